The molecule has 0 saturated heterocycles. The zero-order valence-corrected chi connectivity index (χ0v) is 23.6. The summed E-state index contributed by atoms with van der Waals surface area (Å²) in [6.07, 6.45) is -0.0879. The normalized spacial score (nSPS) is 12.3. The third-order valence-corrected chi connectivity index (χ3v) is 8.62. The van der Waals surface area contributed by atoms with Crippen LogP contribution >= 0.6 is 11.6 Å². The van der Waals surface area contributed by atoms with E-state index in [2.05, 4.69) is 10.2 Å². The molecule has 0 aliphatic rings. The van der Waals surface area contributed by atoms with Gasteiger partial charge in [0.25, 0.3) is 5.91 Å². The maximum atomic E-state index is 13.2. The van der Waals surface area contributed by atoms with Gasteiger partial charge < -0.3 is 15.5 Å². The largest absolute Gasteiger partial charge is 0.507 e. The summed E-state index contributed by atoms with van der Waals surface area (Å²) in [6, 6.07) is 27.4. The minimum atomic E-state index is -3.90. The van der Waals surface area contributed by atoms with Crippen LogP contribution in [0, 0.1) is 0 Å². The Hall–Kier alpha value is -3.69. The second-order valence-corrected chi connectivity index (χ2v) is 11.8. The Balaban J connectivity index is 1.48. The minimum absolute atomic E-state index is 0.0827. The lowest BCUT2D eigenvalue weighted by Gasteiger charge is -2.25. The first-order valence-corrected chi connectivity index (χ1v) is 14.6. The number of nitrogens with zero attached hydrogens (tertiary/aromatic N) is 1. The standard InChI is InChI=1S/C31H31ClN2O5S/c1-33-31(37)28-19-27(14-15-29(28)35)40(38,39)26-12-10-22(11-13-26)16-17-34(20-23-6-3-2-4-7-23)21-30(36)24-8-5-9-25(32)18-24/h2-15,18-19,30,35-36H,16-17,20-21H2,1H3,(H,33,37)/t30-/m1/s1. The van der Waals surface area contributed by atoms with E-state index in [1.165, 1.54) is 25.2 Å². The summed E-state index contributed by atoms with van der Waals surface area (Å²) in [5.74, 6) is -0.875. The van der Waals surface area contributed by atoms with Crippen molar-refractivity contribution in [1.29, 1.82) is 0 Å². The molecule has 4 aromatic carbocycles. The van der Waals surface area contributed by atoms with E-state index in [1.807, 2.05) is 42.5 Å². The number of aliphatic hydroxyl groups excluding tert-OH is 1. The van der Waals surface area contributed by atoms with Crippen LogP contribution in [0.5, 0.6) is 5.75 Å². The van der Waals surface area contributed by atoms with Crippen LogP contribution in [0.3, 0.4) is 0 Å². The number of nitrogens with one attached hydrogen (secondary N) is 1. The van der Waals surface area contributed by atoms with Gasteiger partial charge in [-0.2, -0.15) is 0 Å². The Kier molecular flexibility index (Phi) is 9.60. The number of aromatic hydroxyl groups is 1. The van der Waals surface area contributed by atoms with Gasteiger partial charge in [-0.3, -0.25) is 9.69 Å². The molecule has 7 nitrogen and oxygen atoms in total. The quantitative estimate of drug-likeness (QED) is 0.231. The monoisotopic (exact) mass is 578 g/mol. The summed E-state index contributed by atoms with van der Waals surface area (Å²) < 4.78 is 26.4. The first-order chi connectivity index (χ1) is 19.2. The molecule has 3 N–H and O–H groups in total. The number of rotatable bonds is 11. The van der Waals surface area contributed by atoms with E-state index < -0.39 is 21.8 Å². The molecule has 0 spiro atoms. The molecular formula is C31H31ClN2O5S. The SMILES string of the molecule is CNC(=O)c1cc(S(=O)(=O)c2ccc(CCN(Cc3ccccc3)C[C@@H](O)c3cccc(Cl)c3)cc2)ccc1O. The molecule has 0 aliphatic heterocycles. The molecule has 0 aromatic heterocycles. The molecule has 0 unspecified atom stereocenters. The number of hydrogen-bond donors (Lipinski definition) is 3. The van der Waals surface area contributed by atoms with Gasteiger partial charge in [0.05, 0.1) is 21.5 Å². The van der Waals surface area contributed by atoms with E-state index >= 15 is 0 Å². The smallest absolute Gasteiger partial charge is 0.254 e. The lowest BCUT2D eigenvalue weighted by Crippen LogP contribution is -2.30. The van der Waals surface area contributed by atoms with Crippen LogP contribution in [-0.2, 0) is 22.8 Å². The number of carbonyl (C=O) groups is 1. The molecule has 4 rings (SSSR count). The fraction of sp³-hybridized carbons (Fsp3) is 0.194. The van der Waals surface area contributed by atoms with Gasteiger partial charge in [0.1, 0.15) is 5.75 Å². The van der Waals surface area contributed by atoms with Crippen molar-refractivity contribution in [2.75, 3.05) is 20.1 Å². The van der Waals surface area contributed by atoms with Gasteiger partial charge in [-0.15, -0.1) is 0 Å². The fourth-order valence-electron chi connectivity index (χ4n) is 4.40. The second-order valence-electron chi connectivity index (χ2n) is 9.45. The highest BCUT2D eigenvalue weighted by atomic mass is 35.5. The molecule has 0 aliphatic carbocycles. The van der Waals surface area contributed by atoms with Crippen molar-refractivity contribution in [2.45, 2.75) is 28.9 Å². The van der Waals surface area contributed by atoms with Crippen molar-refractivity contribution in [3.63, 3.8) is 0 Å². The molecule has 0 radical (unpaired) electrons. The molecule has 40 heavy (non-hydrogen) atoms. The predicted molar refractivity (Wildman–Crippen MR) is 155 cm³/mol. The number of aliphatic hydroxyl groups is 1. The number of halogens is 1. The number of carbonyl (C=O) groups excluding carboxylic acids is 1. The molecule has 9 heteroatoms. The van der Waals surface area contributed by atoms with Gasteiger partial charge in [0, 0.05) is 31.7 Å². The van der Waals surface area contributed by atoms with Crippen LogP contribution in [0.4, 0.5) is 0 Å². The minimum Gasteiger partial charge on any atom is -0.507 e. The molecular weight excluding hydrogens is 548 g/mol. The van der Waals surface area contributed by atoms with Crippen LogP contribution in [0.1, 0.15) is 33.2 Å². The Labute approximate surface area is 239 Å². The van der Waals surface area contributed by atoms with Crippen molar-refractivity contribution in [3.8, 4) is 5.75 Å². The van der Waals surface area contributed by atoms with Crippen LogP contribution in [0.15, 0.2) is 107 Å². The third kappa shape index (κ3) is 7.28. The summed E-state index contributed by atoms with van der Waals surface area (Å²) in [5, 5.41) is 23.8. The van der Waals surface area contributed by atoms with E-state index in [4.69, 9.17) is 11.6 Å². The summed E-state index contributed by atoms with van der Waals surface area (Å²) in [5.41, 5.74) is 2.69. The molecule has 0 heterocycles. The first-order valence-electron chi connectivity index (χ1n) is 12.8. The van der Waals surface area contributed by atoms with Gasteiger partial charge in [0.15, 0.2) is 0 Å². The highest BCUT2D eigenvalue weighted by Crippen LogP contribution is 2.27. The molecule has 4 aromatic rings. The lowest BCUT2D eigenvalue weighted by atomic mass is 10.1. The maximum Gasteiger partial charge on any atom is 0.254 e. The highest BCUT2D eigenvalue weighted by molar-refractivity contribution is 7.91. The van der Waals surface area contributed by atoms with Crippen molar-refractivity contribution < 1.29 is 23.4 Å². The summed E-state index contributed by atoms with van der Waals surface area (Å²) >= 11 is 6.12. The maximum absolute atomic E-state index is 13.2. The topological polar surface area (TPSA) is 107 Å². The molecule has 0 saturated carbocycles. The Bertz CT molecular complexity index is 1560. The molecule has 0 fully saturated rings. The first kappa shape index (κ1) is 29.3. The van der Waals surface area contributed by atoms with Crippen molar-refractivity contribution in [1.82, 2.24) is 10.2 Å². The second kappa shape index (κ2) is 13.1. The molecule has 0 bridgehead atoms. The van der Waals surface area contributed by atoms with E-state index in [9.17, 15) is 23.4 Å². The van der Waals surface area contributed by atoms with Crippen LogP contribution in [0.25, 0.3) is 0 Å². The van der Waals surface area contributed by atoms with Gasteiger partial charge in [-0.25, -0.2) is 8.42 Å². The lowest BCUT2D eigenvalue weighted by molar-refractivity contribution is 0.0960. The Morgan fingerprint density at radius 1 is 0.900 bits per heavy atom. The van der Waals surface area contributed by atoms with Crippen molar-refractivity contribution >= 4 is 27.3 Å². The van der Waals surface area contributed by atoms with Gasteiger partial charge in [0.2, 0.25) is 9.84 Å². The van der Waals surface area contributed by atoms with E-state index in [-0.39, 0.29) is 21.1 Å². The average molecular weight is 579 g/mol. The van der Waals surface area contributed by atoms with Crippen LogP contribution in [-0.4, -0.2) is 49.6 Å². The molecule has 1 amide bonds. The van der Waals surface area contributed by atoms with Crippen LogP contribution in [0.2, 0.25) is 5.02 Å². The zero-order chi connectivity index (χ0) is 28.7. The number of sulfone groups is 1. The predicted octanol–water partition coefficient (Wildman–Crippen LogP) is 5.02. The third-order valence-electron chi connectivity index (χ3n) is 6.61. The summed E-state index contributed by atoms with van der Waals surface area (Å²) in [7, 11) is -2.50. The number of phenols is 1. The number of phenolic OH excluding ortho intramolecular Hbond substituents is 1. The molecule has 1 atom stereocenters. The average Bonchev–Trinajstić information content (AvgIpc) is 2.96. The molecule has 208 valence electrons. The van der Waals surface area contributed by atoms with E-state index in [0.29, 0.717) is 31.1 Å². The van der Waals surface area contributed by atoms with Crippen LogP contribution < -0.4 is 5.32 Å². The highest BCUT2D eigenvalue weighted by Gasteiger charge is 2.21. The number of benzene rings is 4. The summed E-state index contributed by atoms with van der Waals surface area (Å²) in [4.78, 5) is 14.2. The van der Waals surface area contributed by atoms with Gasteiger partial charge in [-0.05, 0) is 65.6 Å². The van der Waals surface area contributed by atoms with E-state index in [1.54, 1.807) is 36.4 Å². The van der Waals surface area contributed by atoms with Gasteiger partial charge >= 0.3 is 0 Å². The van der Waals surface area contributed by atoms with Gasteiger partial charge in [-0.1, -0.05) is 66.2 Å². The zero-order valence-electron chi connectivity index (χ0n) is 22.0. The Morgan fingerprint density at radius 3 is 2.27 bits per heavy atom. The van der Waals surface area contributed by atoms with Crippen molar-refractivity contribution in [2.24, 2.45) is 0 Å². The fourth-order valence-corrected chi connectivity index (χ4v) is 5.88. The number of hydrogen-bond acceptors (Lipinski definition) is 6. The van der Waals surface area contributed by atoms with Crippen molar-refractivity contribution in [3.05, 3.63) is 124 Å². The van der Waals surface area contributed by atoms with E-state index in [0.717, 1.165) is 16.7 Å². The Morgan fingerprint density at radius 2 is 1.60 bits per heavy atom. The number of amides is 1. The summed E-state index contributed by atoms with van der Waals surface area (Å²) in [6.45, 7) is 1.67.